The molecule has 0 fully saturated rings. The van der Waals surface area contributed by atoms with Crippen molar-refractivity contribution in [1.29, 1.82) is 0 Å². The van der Waals surface area contributed by atoms with Gasteiger partial charge in [0, 0.05) is 0 Å². The maximum atomic E-state index is 13.7. The minimum Gasteiger partial charge on any atom is -0.378 e. The highest BCUT2D eigenvalue weighted by Gasteiger charge is 2.83. The Hall–Kier alpha value is -2.06. The predicted molar refractivity (Wildman–Crippen MR) is 97.3 cm³/mol. The second-order valence-corrected chi connectivity index (χ2v) is 8.55. The molecule has 0 bridgehead atoms. The molecule has 0 spiro atoms. The number of rotatable bonds is 8. The Labute approximate surface area is 170 Å². The van der Waals surface area contributed by atoms with Gasteiger partial charge >= 0.3 is 36.7 Å². The van der Waals surface area contributed by atoms with Gasteiger partial charge in [-0.05, 0) is 31.5 Å². The summed E-state index contributed by atoms with van der Waals surface area (Å²) in [7, 11) is -13.3. The zero-order valence-electron chi connectivity index (χ0n) is 15.8. The number of hydrogen-bond donors (Lipinski definition) is 0. The average molecular weight is 484 g/mol. The Morgan fingerprint density at radius 3 is 1.57 bits per heavy atom. The van der Waals surface area contributed by atoms with E-state index in [-0.39, 0.29) is 7.11 Å². The van der Waals surface area contributed by atoms with Gasteiger partial charge in [-0.2, -0.15) is 43.2 Å². The molecule has 14 heteroatoms. The largest absolute Gasteiger partial charge is 0.450 e. The number of alkyl halides is 6. The van der Waals surface area contributed by atoms with Crippen LogP contribution in [0.4, 0.5) is 26.3 Å². The van der Waals surface area contributed by atoms with Gasteiger partial charge in [-0.15, -0.1) is 0 Å². The Morgan fingerprint density at radius 2 is 1.23 bits per heavy atom. The van der Waals surface area contributed by atoms with Gasteiger partial charge in [-0.25, -0.2) is 0 Å². The monoisotopic (exact) mass is 484 g/mol. The van der Waals surface area contributed by atoms with Crippen LogP contribution in [-0.4, -0.2) is 40.4 Å². The zero-order chi connectivity index (χ0) is 24.0. The lowest BCUT2D eigenvalue weighted by Crippen LogP contribution is -2.61. The molecule has 0 N–H and O–H groups in total. The summed E-state index contributed by atoms with van der Waals surface area (Å²) in [5.41, 5.74) is 0.365. The Balaban J connectivity index is 0.00000192. The number of hydrogen-bond acceptors (Lipinski definition) is 6. The van der Waals surface area contributed by atoms with Crippen molar-refractivity contribution >= 4 is 26.3 Å². The van der Waals surface area contributed by atoms with Crippen LogP contribution in [0.1, 0.15) is 19.4 Å². The molecule has 0 aliphatic heterocycles. The summed E-state index contributed by atoms with van der Waals surface area (Å²) in [5, 5.41) is -13.2. The summed E-state index contributed by atoms with van der Waals surface area (Å²) in [5.74, 6) is -7.83. The quantitative estimate of drug-likeness (QED) is 0.309. The van der Waals surface area contributed by atoms with E-state index in [1.54, 1.807) is 0 Å². The molecule has 0 aliphatic rings. The molecule has 0 atom stereocenters. The molecule has 6 nitrogen and oxygen atoms in total. The molecule has 0 radical (unpaired) electrons. The van der Waals surface area contributed by atoms with Gasteiger partial charge in [0.2, 0.25) is 0 Å². The summed E-state index contributed by atoms with van der Waals surface area (Å²) in [6, 6.07) is 3.70. The fourth-order valence-corrected chi connectivity index (χ4v) is 3.05. The molecule has 172 valence electrons. The van der Waals surface area contributed by atoms with Gasteiger partial charge < -0.3 is 4.18 Å². The van der Waals surface area contributed by atoms with E-state index in [9.17, 15) is 43.2 Å². The SMILES string of the molecule is C/C=C\C.C=Cc1ccc(OS(=O)(=O)C(F)(F)C(F)(F)C(F)(F)S(=O)(=O)OC)cc1. The number of allylic oxidation sites excluding steroid dienone is 2. The van der Waals surface area contributed by atoms with Crippen LogP contribution >= 0.6 is 0 Å². The van der Waals surface area contributed by atoms with Crippen LogP contribution in [0.5, 0.6) is 5.75 Å². The lowest BCUT2D eigenvalue weighted by molar-refractivity contribution is -0.247. The lowest BCUT2D eigenvalue weighted by Gasteiger charge is -2.30. The molecule has 0 saturated heterocycles. The highest BCUT2D eigenvalue weighted by atomic mass is 32.2. The van der Waals surface area contributed by atoms with Crippen LogP contribution in [0, 0.1) is 0 Å². The average Bonchev–Trinajstić information content (AvgIpc) is 2.67. The standard InChI is InChI=1S/C12H10F6O6S2.C4H8/c1-3-8-4-6-9(7-5-8)24-26(21,22)12(17,18)10(13,14)11(15,16)25(19,20)23-2;1-3-4-2/h3-7H,1H2,2H3;3-4H,1-2H3/b;4-3-. The minimum absolute atomic E-state index is 0.00360. The first-order valence-corrected chi connectivity index (χ1v) is 10.5. The van der Waals surface area contributed by atoms with Crippen molar-refractivity contribution in [3.05, 3.63) is 48.6 Å². The molecule has 0 amide bonds. The van der Waals surface area contributed by atoms with Gasteiger partial charge in [0.25, 0.3) is 0 Å². The fourth-order valence-electron chi connectivity index (χ4n) is 1.43. The van der Waals surface area contributed by atoms with Crippen molar-refractivity contribution in [3.8, 4) is 5.75 Å². The maximum absolute atomic E-state index is 13.7. The molecular formula is C16H18F6O6S2. The molecule has 0 heterocycles. The third-order valence-electron chi connectivity index (χ3n) is 3.23. The van der Waals surface area contributed by atoms with E-state index >= 15 is 0 Å². The normalized spacial score (nSPS) is 13.5. The highest BCUT2D eigenvalue weighted by molar-refractivity contribution is 7.89. The van der Waals surface area contributed by atoms with Crippen LogP contribution in [0.15, 0.2) is 43.0 Å². The first-order chi connectivity index (χ1) is 13.5. The summed E-state index contributed by atoms with van der Waals surface area (Å²) in [6.07, 6.45) is 5.26. The van der Waals surface area contributed by atoms with Crippen LogP contribution in [0.3, 0.4) is 0 Å². The summed E-state index contributed by atoms with van der Waals surface area (Å²) in [6.45, 7) is 7.33. The predicted octanol–water partition coefficient (Wildman–Crippen LogP) is 4.42. The summed E-state index contributed by atoms with van der Waals surface area (Å²) >= 11 is 0. The van der Waals surface area contributed by atoms with Crippen LogP contribution in [0.25, 0.3) is 6.08 Å². The van der Waals surface area contributed by atoms with Gasteiger partial charge in [-0.1, -0.05) is 36.9 Å². The van der Waals surface area contributed by atoms with E-state index in [4.69, 9.17) is 0 Å². The fraction of sp³-hybridized carbons (Fsp3) is 0.375. The van der Waals surface area contributed by atoms with E-state index in [1.807, 2.05) is 26.0 Å². The van der Waals surface area contributed by atoms with Crippen LogP contribution in [-0.2, 0) is 24.4 Å². The maximum Gasteiger partial charge on any atom is 0.450 e. The van der Waals surface area contributed by atoms with Gasteiger partial charge in [0.1, 0.15) is 5.75 Å². The van der Waals surface area contributed by atoms with Crippen LogP contribution < -0.4 is 4.18 Å². The van der Waals surface area contributed by atoms with Gasteiger partial charge in [0.05, 0.1) is 7.11 Å². The minimum atomic E-state index is -6.92. The summed E-state index contributed by atoms with van der Waals surface area (Å²) in [4.78, 5) is 0. The Bertz CT molecular complexity index is 950. The van der Waals surface area contributed by atoms with Gasteiger partial charge in [0.15, 0.2) is 0 Å². The first kappa shape index (κ1) is 27.9. The van der Waals surface area contributed by atoms with Crippen molar-refractivity contribution in [3.63, 3.8) is 0 Å². The smallest absolute Gasteiger partial charge is 0.378 e. The molecule has 1 aromatic rings. The summed E-state index contributed by atoms with van der Waals surface area (Å²) < 4.78 is 133. The second-order valence-electron chi connectivity index (χ2n) is 5.21. The van der Waals surface area contributed by atoms with Crippen molar-refractivity contribution < 1.29 is 51.5 Å². The molecular weight excluding hydrogens is 466 g/mol. The zero-order valence-corrected chi connectivity index (χ0v) is 17.4. The van der Waals surface area contributed by atoms with E-state index in [2.05, 4.69) is 14.9 Å². The third kappa shape index (κ3) is 5.35. The van der Waals surface area contributed by atoms with E-state index in [0.717, 1.165) is 24.3 Å². The second kappa shape index (κ2) is 9.83. The van der Waals surface area contributed by atoms with Crippen molar-refractivity contribution in [2.45, 2.75) is 30.3 Å². The Kier molecular flexibility index (Phi) is 9.16. The van der Waals surface area contributed by atoms with E-state index in [0.29, 0.717) is 5.56 Å². The van der Waals surface area contributed by atoms with Gasteiger partial charge in [-0.3, -0.25) is 4.18 Å². The lowest BCUT2D eigenvalue weighted by atomic mass is 10.2. The van der Waals surface area contributed by atoms with Crippen LogP contribution in [0.2, 0.25) is 0 Å². The Morgan fingerprint density at radius 1 is 0.833 bits per heavy atom. The van der Waals surface area contributed by atoms with Crippen molar-refractivity contribution in [2.75, 3.05) is 7.11 Å². The van der Waals surface area contributed by atoms with E-state index < -0.39 is 42.4 Å². The van der Waals surface area contributed by atoms with Crippen molar-refractivity contribution in [2.24, 2.45) is 0 Å². The molecule has 0 unspecified atom stereocenters. The first-order valence-electron chi connectivity index (χ1n) is 7.66. The van der Waals surface area contributed by atoms with Crippen molar-refractivity contribution in [1.82, 2.24) is 0 Å². The molecule has 0 aromatic heterocycles. The molecule has 0 saturated carbocycles. The molecule has 1 aromatic carbocycles. The third-order valence-corrected chi connectivity index (χ3v) is 5.85. The number of halogens is 6. The molecule has 1 rings (SSSR count). The number of benzene rings is 1. The van der Waals surface area contributed by atoms with E-state index in [1.165, 1.54) is 6.08 Å². The molecule has 30 heavy (non-hydrogen) atoms. The molecule has 0 aliphatic carbocycles. The highest BCUT2D eigenvalue weighted by Crippen LogP contribution is 2.51. The topological polar surface area (TPSA) is 86.7 Å².